The van der Waals surface area contributed by atoms with Crippen molar-refractivity contribution in [2.24, 2.45) is 0 Å². The van der Waals surface area contributed by atoms with Crippen LogP contribution in [0.1, 0.15) is 45.1 Å². The highest BCUT2D eigenvalue weighted by Crippen LogP contribution is 2.62. The van der Waals surface area contributed by atoms with E-state index in [0.29, 0.717) is 0 Å². The fourth-order valence-corrected chi connectivity index (χ4v) is 6.24. The number of phosphoric ester groups is 1. The van der Waals surface area contributed by atoms with Crippen molar-refractivity contribution < 1.29 is 41.9 Å². The fourth-order valence-electron chi connectivity index (χ4n) is 4.58. The number of rotatable bonds is 5. The summed E-state index contributed by atoms with van der Waals surface area (Å²) in [5.41, 5.74) is 3.30. The molecule has 2 fully saturated rings. The number of nitrogens with zero attached hydrogens (tertiary/aromatic N) is 4. The number of aliphatic hydroxyl groups excluding tert-OH is 1. The topological polar surface area (TPSA) is 164 Å². The molecule has 15 heteroatoms. The Morgan fingerprint density at radius 2 is 2.03 bits per heavy atom. The van der Waals surface area contributed by atoms with Crippen molar-refractivity contribution in [2.75, 3.05) is 12.3 Å². The van der Waals surface area contributed by atoms with E-state index in [9.17, 15) is 23.6 Å². The van der Waals surface area contributed by atoms with Crippen LogP contribution in [0.5, 0.6) is 0 Å². The number of fused-ring (bicyclic) bond motifs is 1. The number of aliphatic hydroxyl groups is 2. The zero-order valence-corrected chi connectivity index (χ0v) is 21.0. The lowest BCUT2D eigenvalue weighted by atomic mass is 9.96. The van der Waals surface area contributed by atoms with E-state index in [4.69, 9.17) is 24.0 Å². The fraction of sp³-hybridized carbons (Fsp3) is 0.500. The van der Waals surface area contributed by atoms with E-state index in [-0.39, 0.29) is 29.0 Å². The predicted octanol–water partition coefficient (Wildman–Crippen LogP) is 2.78. The van der Waals surface area contributed by atoms with Crippen molar-refractivity contribution in [1.29, 1.82) is 0 Å². The van der Waals surface area contributed by atoms with E-state index < -0.39 is 61.8 Å². The summed E-state index contributed by atoms with van der Waals surface area (Å²) in [7, 11) is -4.36. The summed E-state index contributed by atoms with van der Waals surface area (Å²) in [6, 6.07) is 3.60. The van der Waals surface area contributed by atoms with Gasteiger partial charge in [-0.1, -0.05) is 12.1 Å². The largest absolute Gasteiger partial charge is 0.476 e. The van der Waals surface area contributed by atoms with Gasteiger partial charge in [-0.15, -0.1) is 0 Å². The molecule has 37 heavy (non-hydrogen) atoms. The smallest absolute Gasteiger partial charge is 0.387 e. The van der Waals surface area contributed by atoms with Crippen LogP contribution < -0.4 is 5.73 Å². The minimum Gasteiger partial charge on any atom is -0.387 e. The lowest BCUT2D eigenvalue weighted by molar-refractivity contribution is -0.0967. The van der Waals surface area contributed by atoms with Crippen LogP contribution >= 0.6 is 7.82 Å². The van der Waals surface area contributed by atoms with Gasteiger partial charge >= 0.3 is 7.82 Å². The molecule has 1 unspecified atom stereocenters. The number of phosphoric acid groups is 1. The molecule has 2 saturated heterocycles. The summed E-state index contributed by atoms with van der Waals surface area (Å²) in [4.78, 5) is 12.1. The standard InChI is InChI=1S/C22H26F2N5O7P/c1-21(2)7-13(11-5-4-6-12(23)15(11)24)35-37(32,36-21)33-8-14-17(30)22(3,31)20(34-14)29-10-28-16-18(25)26-9-27-19(16)29/h4-6,9-10,13-14,17,20,30-31H,7-8H2,1-3H3,(H2,25,26,27)/t13-,14?,17+,20+,22+,37+/m0/s1. The van der Waals surface area contributed by atoms with Crippen LogP contribution in [0.3, 0.4) is 0 Å². The molecule has 0 amide bonds. The summed E-state index contributed by atoms with van der Waals surface area (Å²) < 4.78 is 65.5. The molecular formula is C22H26F2N5O7P. The highest BCUT2D eigenvalue weighted by molar-refractivity contribution is 7.48. The first-order valence-electron chi connectivity index (χ1n) is 11.4. The van der Waals surface area contributed by atoms with Gasteiger partial charge in [0.1, 0.15) is 35.8 Å². The maximum Gasteiger partial charge on any atom is 0.476 e. The van der Waals surface area contributed by atoms with Crippen molar-refractivity contribution in [3.63, 3.8) is 0 Å². The summed E-state index contributed by atoms with van der Waals surface area (Å²) in [5.74, 6) is -2.07. The summed E-state index contributed by atoms with van der Waals surface area (Å²) in [5, 5.41) is 21.9. The molecular weight excluding hydrogens is 515 g/mol. The third-order valence-corrected chi connectivity index (χ3v) is 8.11. The van der Waals surface area contributed by atoms with Crippen LogP contribution in [-0.2, 0) is 22.9 Å². The number of nitrogens with two attached hydrogens (primary N) is 1. The van der Waals surface area contributed by atoms with E-state index in [1.54, 1.807) is 13.8 Å². The van der Waals surface area contributed by atoms with Gasteiger partial charge in [-0.2, -0.15) is 0 Å². The maximum atomic E-state index is 14.4. The van der Waals surface area contributed by atoms with Gasteiger partial charge in [-0.25, -0.2) is 28.3 Å². The van der Waals surface area contributed by atoms with E-state index in [1.165, 1.54) is 36.3 Å². The monoisotopic (exact) mass is 541 g/mol. The molecule has 0 spiro atoms. The summed E-state index contributed by atoms with van der Waals surface area (Å²) in [6.07, 6.45) is -2.37. The van der Waals surface area contributed by atoms with Crippen LogP contribution in [0.25, 0.3) is 11.2 Å². The van der Waals surface area contributed by atoms with Crippen molar-refractivity contribution in [3.05, 3.63) is 48.1 Å². The quantitative estimate of drug-likeness (QED) is 0.407. The molecule has 1 aromatic carbocycles. The average molecular weight is 541 g/mol. The van der Waals surface area contributed by atoms with Gasteiger partial charge in [0.25, 0.3) is 0 Å². The molecule has 12 nitrogen and oxygen atoms in total. The zero-order valence-electron chi connectivity index (χ0n) is 20.1. The molecule has 5 rings (SSSR count). The lowest BCUT2D eigenvalue weighted by Gasteiger charge is -2.39. The Kier molecular flexibility index (Phi) is 6.35. The summed E-state index contributed by atoms with van der Waals surface area (Å²) >= 11 is 0. The molecule has 0 saturated carbocycles. The zero-order chi connectivity index (χ0) is 26.8. The number of anilines is 1. The van der Waals surface area contributed by atoms with Gasteiger partial charge in [0.2, 0.25) is 0 Å². The minimum atomic E-state index is -4.36. The van der Waals surface area contributed by atoms with Crippen LogP contribution in [0, 0.1) is 11.6 Å². The number of nitrogen functional groups attached to an aromatic ring is 1. The second kappa shape index (κ2) is 9.02. The molecule has 0 radical (unpaired) electrons. The number of ether oxygens (including phenoxy) is 1. The first-order chi connectivity index (χ1) is 17.3. The molecule has 200 valence electrons. The maximum absolute atomic E-state index is 14.4. The van der Waals surface area contributed by atoms with Crippen LogP contribution in [0.2, 0.25) is 0 Å². The van der Waals surface area contributed by atoms with Crippen LogP contribution in [-0.4, -0.2) is 59.7 Å². The van der Waals surface area contributed by atoms with E-state index in [1.807, 2.05) is 0 Å². The van der Waals surface area contributed by atoms with Gasteiger partial charge in [0.15, 0.2) is 29.3 Å². The highest BCUT2D eigenvalue weighted by atomic mass is 31.2. The van der Waals surface area contributed by atoms with E-state index in [2.05, 4.69) is 15.0 Å². The Morgan fingerprint density at radius 1 is 1.27 bits per heavy atom. The Hall–Kier alpha value is -2.58. The lowest BCUT2D eigenvalue weighted by Crippen LogP contribution is -2.44. The number of imidazole rings is 1. The number of hydrogen-bond donors (Lipinski definition) is 3. The SMILES string of the molecule is CC1(C)C[C@@H](c2cccc(F)c2F)O[P@@](=O)(OCC2O[C@@H](n3cnc4c(N)ncnc43)[C@](C)(O)[C@@H]2O)O1. The molecule has 4 heterocycles. The van der Waals surface area contributed by atoms with Gasteiger partial charge in [0, 0.05) is 12.0 Å². The number of halogens is 2. The van der Waals surface area contributed by atoms with Gasteiger partial charge in [-0.3, -0.25) is 18.1 Å². The van der Waals surface area contributed by atoms with Gasteiger partial charge < -0.3 is 20.7 Å². The Bertz CT molecular complexity index is 1390. The van der Waals surface area contributed by atoms with E-state index in [0.717, 1.165) is 6.07 Å². The molecule has 4 N–H and O–H groups in total. The number of hydrogen-bond acceptors (Lipinski definition) is 11. The summed E-state index contributed by atoms with van der Waals surface area (Å²) in [6.45, 7) is 4.04. The number of aromatic nitrogens is 4. The second-order valence-corrected chi connectivity index (χ2v) is 11.4. The van der Waals surface area contributed by atoms with Crippen molar-refractivity contribution >= 4 is 24.8 Å². The van der Waals surface area contributed by atoms with Crippen molar-refractivity contribution in [3.8, 4) is 0 Å². The van der Waals surface area contributed by atoms with Gasteiger partial charge in [0.05, 0.1) is 18.5 Å². The Morgan fingerprint density at radius 3 is 2.78 bits per heavy atom. The second-order valence-electron chi connectivity index (χ2n) is 9.82. The third-order valence-electron chi connectivity index (χ3n) is 6.41. The molecule has 0 bridgehead atoms. The number of benzene rings is 1. The molecule has 6 atom stereocenters. The van der Waals surface area contributed by atoms with E-state index >= 15 is 0 Å². The van der Waals surface area contributed by atoms with Crippen LogP contribution in [0.4, 0.5) is 14.6 Å². The highest BCUT2D eigenvalue weighted by Gasteiger charge is 2.55. The van der Waals surface area contributed by atoms with Crippen molar-refractivity contribution in [1.82, 2.24) is 19.5 Å². The first kappa shape index (κ1) is 26.0. The predicted molar refractivity (Wildman–Crippen MR) is 124 cm³/mol. The van der Waals surface area contributed by atoms with Crippen molar-refractivity contribution in [2.45, 2.75) is 62.9 Å². The normalized spacial score (nSPS) is 33.7. The molecule has 0 aliphatic carbocycles. The van der Waals surface area contributed by atoms with Crippen LogP contribution in [0.15, 0.2) is 30.9 Å². The molecule has 3 aromatic rings. The Labute approximate surface area is 210 Å². The first-order valence-corrected chi connectivity index (χ1v) is 12.8. The average Bonchev–Trinajstić information content (AvgIpc) is 3.33. The minimum absolute atomic E-state index is 0.0682. The molecule has 2 aromatic heterocycles. The Balaban J connectivity index is 1.36. The third kappa shape index (κ3) is 4.63. The molecule has 2 aliphatic rings. The molecule has 2 aliphatic heterocycles. The van der Waals surface area contributed by atoms with Gasteiger partial charge in [-0.05, 0) is 26.8 Å².